The molecule has 3 heterocycles. The summed E-state index contributed by atoms with van der Waals surface area (Å²) in [5, 5.41) is 8.62. The minimum absolute atomic E-state index is 0.108. The van der Waals surface area contributed by atoms with Crippen LogP contribution < -0.4 is 9.64 Å². The molecule has 7 rings (SSSR count). The van der Waals surface area contributed by atoms with Gasteiger partial charge < -0.3 is 24.1 Å². The van der Waals surface area contributed by atoms with Crippen molar-refractivity contribution in [3.05, 3.63) is 59.8 Å². The van der Waals surface area contributed by atoms with Crippen molar-refractivity contribution in [1.29, 1.82) is 0 Å². The van der Waals surface area contributed by atoms with Crippen LogP contribution in [0.1, 0.15) is 106 Å². The molecule has 4 aliphatic rings. The number of aromatic nitrogens is 2. The van der Waals surface area contributed by atoms with Gasteiger partial charge in [0.15, 0.2) is 5.89 Å². The number of methoxy groups -OCH3 is 1. The van der Waals surface area contributed by atoms with Crippen molar-refractivity contribution in [1.82, 2.24) is 19.8 Å². The van der Waals surface area contributed by atoms with E-state index >= 15 is 0 Å². The van der Waals surface area contributed by atoms with E-state index in [1.807, 2.05) is 37.3 Å². The lowest BCUT2D eigenvalue weighted by Crippen LogP contribution is -2.41. The van der Waals surface area contributed by atoms with Gasteiger partial charge in [-0.15, -0.1) is 0 Å². The quantitative estimate of drug-likeness (QED) is 0.240. The normalized spacial score (nSPS) is 22.6. The number of pyridine rings is 1. The maximum Gasteiger partial charge on any atom is 0.407 e. The maximum absolute atomic E-state index is 13.9. The number of ether oxygens (including phenoxy) is 1. The number of aryl methyl sites for hydroxylation is 1. The number of oxazole rings is 1. The number of likely N-dealkylation sites (tertiary alicyclic amines) is 1. The molecule has 3 saturated carbocycles. The molecule has 1 unspecified atom stereocenters. The smallest absolute Gasteiger partial charge is 0.407 e. The molecule has 0 bridgehead atoms. The Morgan fingerprint density at radius 1 is 0.960 bits per heavy atom. The third-order valence-electron chi connectivity index (χ3n) is 11.3. The zero-order valence-corrected chi connectivity index (χ0v) is 30.4. The van der Waals surface area contributed by atoms with Gasteiger partial charge >= 0.3 is 6.09 Å². The first-order valence-electron chi connectivity index (χ1n) is 18.7. The van der Waals surface area contributed by atoms with Crippen molar-refractivity contribution in [3.8, 4) is 17.0 Å². The number of nitrogens with zero attached hydrogens (tertiary/aromatic N) is 5. The molecule has 2 amide bonds. The van der Waals surface area contributed by atoms with Gasteiger partial charge in [0.2, 0.25) is 5.91 Å². The molecule has 3 aromatic rings. The molecule has 1 N–H and O–H groups in total. The van der Waals surface area contributed by atoms with E-state index in [9.17, 15) is 9.59 Å². The summed E-state index contributed by atoms with van der Waals surface area (Å²) < 4.78 is 11.2. The Kier molecular flexibility index (Phi) is 11.8. The maximum atomic E-state index is 13.9. The number of carbonyl (C=O) groups is 2. The monoisotopic (exact) mass is 685 g/mol. The van der Waals surface area contributed by atoms with Gasteiger partial charge in [-0.3, -0.25) is 9.69 Å². The number of hydrogen-bond acceptors (Lipinski definition) is 7. The first kappa shape index (κ1) is 35.9. The predicted octanol–water partition coefficient (Wildman–Crippen LogP) is 8.12. The van der Waals surface area contributed by atoms with Gasteiger partial charge in [0.1, 0.15) is 23.5 Å². The molecule has 4 fully saturated rings. The van der Waals surface area contributed by atoms with E-state index in [4.69, 9.17) is 24.2 Å². The molecule has 1 saturated heterocycles. The van der Waals surface area contributed by atoms with Crippen molar-refractivity contribution in [3.63, 3.8) is 0 Å². The van der Waals surface area contributed by atoms with E-state index in [1.54, 1.807) is 13.4 Å². The van der Waals surface area contributed by atoms with Crippen molar-refractivity contribution in [2.75, 3.05) is 45.7 Å². The fourth-order valence-electron chi connectivity index (χ4n) is 7.96. The average Bonchev–Trinajstić information content (AvgIpc) is 3.63. The number of likely N-dealkylation sites (N-methyl/N-ethyl adjacent to an activating group) is 1. The highest BCUT2D eigenvalue weighted by atomic mass is 16.5. The predicted molar refractivity (Wildman–Crippen MR) is 195 cm³/mol. The highest BCUT2D eigenvalue weighted by Gasteiger charge is 2.33. The molecule has 10 nitrogen and oxygen atoms in total. The van der Waals surface area contributed by atoms with Crippen LogP contribution in [0.3, 0.4) is 0 Å². The first-order chi connectivity index (χ1) is 24.2. The minimum atomic E-state index is -0.797. The topological polar surface area (TPSA) is 112 Å². The molecule has 1 aromatic carbocycles. The molecular weight excluding hydrogens is 630 g/mol. The molecule has 1 atom stereocenters. The van der Waals surface area contributed by atoms with E-state index < -0.39 is 6.09 Å². The Morgan fingerprint density at radius 3 is 2.32 bits per heavy atom. The van der Waals surface area contributed by atoms with Crippen molar-refractivity contribution in [2.24, 2.45) is 11.8 Å². The van der Waals surface area contributed by atoms with E-state index in [0.717, 1.165) is 106 Å². The third-order valence-corrected chi connectivity index (χ3v) is 11.3. The average molecular weight is 686 g/mol. The number of anilines is 1. The summed E-state index contributed by atoms with van der Waals surface area (Å²) in [6.45, 7) is 4.20. The van der Waals surface area contributed by atoms with Crippen molar-refractivity contribution >= 4 is 17.8 Å². The lowest BCUT2D eigenvalue weighted by molar-refractivity contribution is -0.123. The van der Waals surface area contributed by atoms with Crippen LogP contribution in [0, 0.1) is 18.8 Å². The lowest BCUT2D eigenvalue weighted by Gasteiger charge is -2.35. The summed E-state index contributed by atoms with van der Waals surface area (Å²) in [6.07, 6.45) is 16.1. The lowest BCUT2D eigenvalue weighted by atomic mass is 9.78. The molecule has 0 radical (unpaired) electrons. The van der Waals surface area contributed by atoms with E-state index in [0.29, 0.717) is 36.9 Å². The summed E-state index contributed by atoms with van der Waals surface area (Å²) in [5.74, 6) is 4.43. The molecule has 50 heavy (non-hydrogen) atoms. The highest BCUT2D eigenvalue weighted by molar-refractivity contribution is 5.94. The van der Waals surface area contributed by atoms with Gasteiger partial charge in [-0.1, -0.05) is 31.4 Å². The number of benzene rings is 1. The van der Waals surface area contributed by atoms with Gasteiger partial charge in [0.25, 0.3) is 0 Å². The van der Waals surface area contributed by atoms with Crippen molar-refractivity contribution in [2.45, 2.75) is 102 Å². The summed E-state index contributed by atoms with van der Waals surface area (Å²) in [7, 11) is 5.70. The molecule has 0 spiro atoms. The summed E-state index contributed by atoms with van der Waals surface area (Å²) >= 11 is 0. The third kappa shape index (κ3) is 8.86. The minimum Gasteiger partial charge on any atom is -0.496 e. The van der Waals surface area contributed by atoms with Crippen LogP contribution in [-0.4, -0.2) is 83.8 Å². The number of rotatable bonds is 9. The molecule has 1 aliphatic heterocycles. The fraction of sp³-hybridized carbons (Fsp3) is 0.600. The van der Waals surface area contributed by atoms with E-state index in [-0.39, 0.29) is 11.8 Å². The van der Waals surface area contributed by atoms with Crippen LogP contribution in [-0.2, 0) is 4.79 Å². The second-order valence-corrected chi connectivity index (χ2v) is 15.1. The SMILES string of the molecule is CN(C)C1CCN(C(=O)O)C1.COc1ccc(C2CCC(CN(C(=O)C3CCCCC3)c3cc(-c4coc(C5CC5)n4)ccn3)CC2)cc1C. The molecule has 270 valence electrons. The fourth-order valence-corrected chi connectivity index (χ4v) is 7.96. The first-order valence-corrected chi connectivity index (χ1v) is 18.7. The van der Waals surface area contributed by atoms with Gasteiger partial charge in [0.05, 0.1) is 7.11 Å². The van der Waals surface area contributed by atoms with Crippen LogP contribution in [0.15, 0.2) is 47.2 Å². The van der Waals surface area contributed by atoms with E-state index in [1.165, 1.54) is 22.4 Å². The number of amides is 2. The summed E-state index contributed by atoms with van der Waals surface area (Å²) in [6, 6.07) is 11.0. The Morgan fingerprint density at radius 2 is 1.70 bits per heavy atom. The van der Waals surface area contributed by atoms with Crippen LogP contribution in [0.2, 0.25) is 0 Å². The van der Waals surface area contributed by atoms with Crippen LogP contribution in [0.4, 0.5) is 10.6 Å². The zero-order valence-electron chi connectivity index (χ0n) is 30.4. The molecule has 10 heteroatoms. The Labute approximate surface area is 297 Å². The Hall–Kier alpha value is -3.92. The zero-order chi connectivity index (χ0) is 35.2. The standard InChI is InChI=1S/C33H41N3O3.C7H14N2O2/c1-22-18-27(14-15-30(22)38-2)24-10-8-23(9-11-24)20-36(33(37)26-6-4-3-5-7-26)31-19-28(16-17-34-31)29-21-39-32(35-29)25-12-13-25;1-8(2)6-3-4-9(5-6)7(10)11/h14-19,21,23-26H,3-13,20H2,1-2H3;6H,3-5H2,1-2H3,(H,10,11). The molecule has 3 aliphatic carbocycles. The van der Waals surface area contributed by atoms with Gasteiger partial charge in [0, 0.05) is 49.3 Å². The Bertz CT molecular complexity index is 1590. The highest BCUT2D eigenvalue weighted by Crippen LogP contribution is 2.41. The van der Waals surface area contributed by atoms with E-state index in [2.05, 4.69) is 30.0 Å². The van der Waals surface area contributed by atoms with Crippen molar-refractivity contribution < 1.29 is 23.8 Å². The van der Waals surface area contributed by atoms with Gasteiger partial charge in [-0.2, -0.15) is 0 Å². The second kappa shape index (κ2) is 16.4. The number of carboxylic acid groups (broad SMARTS) is 1. The van der Waals surface area contributed by atoms with Crippen LogP contribution in [0.5, 0.6) is 5.75 Å². The number of carbonyl (C=O) groups excluding carboxylic acids is 1. The second-order valence-electron chi connectivity index (χ2n) is 15.1. The Balaban J connectivity index is 0.000000336. The summed E-state index contributed by atoms with van der Waals surface area (Å²) in [4.78, 5) is 39.4. The number of hydrogen-bond donors (Lipinski definition) is 1. The largest absolute Gasteiger partial charge is 0.496 e. The van der Waals surface area contributed by atoms with Crippen LogP contribution in [0.25, 0.3) is 11.3 Å². The van der Waals surface area contributed by atoms with Crippen LogP contribution >= 0.6 is 0 Å². The molecule has 2 aromatic heterocycles. The summed E-state index contributed by atoms with van der Waals surface area (Å²) in [5.41, 5.74) is 4.41. The van der Waals surface area contributed by atoms with Gasteiger partial charge in [-0.25, -0.2) is 14.8 Å². The molecular formula is C40H55N5O5. The van der Waals surface area contributed by atoms with Gasteiger partial charge in [-0.05, 0) is 120 Å².